The average Bonchev–Trinajstić information content (AvgIpc) is 2.52. The van der Waals surface area contributed by atoms with Crippen molar-refractivity contribution in [3.8, 4) is 0 Å². The SMILES string of the molecule is CC(C)(C)OC(=O)NC(C)(C)c1cccc(C(=O)c2ccccc2N)c1. The molecule has 2 rings (SSSR count). The van der Waals surface area contributed by atoms with Crippen LogP contribution < -0.4 is 11.1 Å². The van der Waals surface area contributed by atoms with Crippen LogP contribution in [0.2, 0.25) is 0 Å². The van der Waals surface area contributed by atoms with Gasteiger partial charge in [0.2, 0.25) is 0 Å². The van der Waals surface area contributed by atoms with Crippen molar-refractivity contribution in [3.63, 3.8) is 0 Å². The van der Waals surface area contributed by atoms with Crippen LogP contribution in [0.15, 0.2) is 48.5 Å². The number of amides is 1. The smallest absolute Gasteiger partial charge is 0.408 e. The monoisotopic (exact) mass is 354 g/mol. The summed E-state index contributed by atoms with van der Waals surface area (Å²) >= 11 is 0. The number of rotatable bonds is 4. The molecule has 0 saturated carbocycles. The highest BCUT2D eigenvalue weighted by Gasteiger charge is 2.27. The molecule has 0 atom stereocenters. The quantitative estimate of drug-likeness (QED) is 0.635. The summed E-state index contributed by atoms with van der Waals surface area (Å²) in [5.41, 5.74) is 6.83. The second-order valence-electron chi connectivity index (χ2n) is 7.75. The normalized spacial score (nSPS) is 11.7. The molecule has 0 unspecified atom stereocenters. The van der Waals surface area contributed by atoms with Gasteiger partial charge >= 0.3 is 6.09 Å². The highest BCUT2D eigenvalue weighted by atomic mass is 16.6. The molecule has 5 heteroatoms. The Bertz CT molecular complexity index is 820. The van der Waals surface area contributed by atoms with Crippen LogP contribution in [0.25, 0.3) is 0 Å². The molecule has 0 aliphatic heterocycles. The van der Waals surface area contributed by atoms with E-state index in [2.05, 4.69) is 5.32 Å². The van der Waals surface area contributed by atoms with Crippen LogP contribution in [-0.2, 0) is 10.3 Å². The van der Waals surface area contributed by atoms with E-state index in [1.54, 1.807) is 42.5 Å². The van der Waals surface area contributed by atoms with Crippen molar-refractivity contribution in [2.75, 3.05) is 5.73 Å². The number of hydrogen-bond acceptors (Lipinski definition) is 4. The van der Waals surface area contributed by atoms with Crippen LogP contribution in [0.4, 0.5) is 10.5 Å². The molecule has 2 aromatic rings. The molecule has 0 spiro atoms. The molecule has 2 aromatic carbocycles. The molecule has 5 nitrogen and oxygen atoms in total. The molecule has 0 bridgehead atoms. The standard InChI is InChI=1S/C21H26N2O3/c1-20(2,3)26-19(25)23-21(4,5)15-10-8-9-14(13-15)18(24)16-11-6-7-12-17(16)22/h6-13H,22H2,1-5H3,(H,23,25). The van der Waals surface area contributed by atoms with E-state index in [4.69, 9.17) is 10.5 Å². The van der Waals surface area contributed by atoms with Gasteiger partial charge < -0.3 is 15.8 Å². The Morgan fingerprint density at radius 3 is 2.23 bits per heavy atom. The van der Waals surface area contributed by atoms with Gasteiger partial charge in [-0.1, -0.05) is 30.3 Å². The molecule has 0 aromatic heterocycles. The highest BCUT2D eigenvalue weighted by molar-refractivity contribution is 6.12. The van der Waals surface area contributed by atoms with Gasteiger partial charge in [-0.25, -0.2) is 4.79 Å². The molecule has 0 saturated heterocycles. The molecular formula is C21H26N2O3. The van der Waals surface area contributed by atoms with Gasteiger partial charge in [0.15, 0.2) is 5.78 Å². The average molecular weight is 354 g/mol. The maximum Gasteiger partial charge on any atom is 0.408 e. The van der Waals surface area contributed by atoms with Crippen molar-refractivity contribution in [1.29, 1.82) is 0 Å². The van der Waals surface area contributed by atoms with E-state index in [0.29, 0.717) is 16.8 Å². The number of anilines is 1. The zero-order chi connectivity index (χ0) is 19.5. The fraction of sp³-hybridized carbons (Fsp3) is 0.333. The summed E-state index contributed by atoms with van der Waals surface area (Å²) in [6.45, 7) is 9.14. The predicted molar refractivity (Wildman–Crippen MR) is 103 cm³/mol. The molecule has 3 N–H and O–H groups in total. The second kappa shape index (κ2) is 7.20. The molecule has 0 aliphatic rings. The predicted octanol–water partition coefficient (Wildman–Crippen LogP) is 4.26. The lowest BCUT2D eigenvalue weighted by Crippen LogP contribution is -2.43. The van der Waals surface area contributed by atoms with Crippen molar-refractivity contribution in [1.82, 2.24) is 5.32 Å². The summed E-state index contributed by atoms with van der Waals surface area (Å²) < 4.78 is 5.32. The number of nitrogens with one attached hydrogen (secondary N) is 1. The largest absolute Gasteiger partial charge is 0.444 e. The number of nitrogens with two attached hydrogens (primary N) is 1. The summed E-state index contributed by atoms with van der Waals surface area (Å²) in [6.07, 6.45) is -0.508. The summed E-state index contributed by atoms with van der Waals surface area (Å²) in [4.78, 5) is 24.9. The van der Waals surface area contributed by atoms with E-state index in [0.717, 1.165) is 5.56 Å². The maximum absolute atomic E-state index is 12.8. The van der Waals surface area contributed by atoms with Crippen molar-refractivity contribution in [2.24, 2.45) is 0 Å². The number of carbonyl (C=O) groups is 2. The first-order chi connectivity index (χ1) is 12.0. The third-order valence-electron chi connectivity index (χ3n) is 3.87. The minimum Gasteiger partial charge on any atom is -0.444 e. The molecule has 1 amide bonds. The van der Waals surface area contributed by atoms with Crippen LogP contribution in [0.5, 0.6) is 0 Å². The Morgan fingerprint density at radius 2 is 1.62 bits per heavy atom. The van der Waals surface area contributed by atoms with Crippen molar-refractivity contribution < 1.29 is 14.3 Å². The molecule has 138 valence electrons. The fourth-order valence-electron chi connectivity index (χ4n) is 2.54. The Balaban J connectivity index is 2.26. The summed E-state index contributed by atoms with van der Waals surface area (Å²) in [7, 11) is 0. The van der Waals surface area contributed by atoms with Gasteiger partial charge in [-0.05, 0) is 58.4 Å². The minimum atomic E-state index is -0.707. The van der Waals surface area contributed by atoms with Gasteiger partial charge in [0.25, 0.3) is 0 Å². The van der Waals surface area contributed by atoms with Gasteiger partial charge in [0, 0.05) is 16.8 Å². The number of para-hydroxylation sites is 1. The van der Waals surface area contributed by atoms with E-state index >= 15 is 0 Å². The van der Waals surface area contributed by atoms with Crippen LogP contribution in [0.1, 0.15) is 56.1 Å². The van der Waals surface area contributed by atoms with Crippen LogP contribution in [0, 0.1) is 0 Å². The van der Waals surface area contributed by atoms with Crippen LogP contribution in [0.3, 0.4) is 0 Å². The van der Waals surface area contributed by atoms with Crippen molar-refractivity contribution in [2.45, 2.75) is 45.8 Å². The lowest BCUT2D eigenvalue weighted by atomic mass is 9.91. The highest BCUT2D eigenvalue weighted by Crippen LogP contribution is 2.24. The Labute approximate surface area is 154 Å². The van der Waals surface area contributed by atoms with E-state index in [9.17, 15) is 9.59 Å². The molecule has 0 radical (unpaired) electrons. The van der Waals surface area contributed by atoms with Crippen LogP contribution in [-0.4, -0.2) is 17.5 Å². The van der Waals surface area contributed by atoms with E-state index in [-0.39, 0.29) is 5.78 Å². The summed E-state index contributed by atoms with van der Waals surface area (Å²) in [5.74, 6) is -0.155. The number of carbonyl (C=O) groups excluding carboxylic acids is 2. The first-order valence-corrected chi connectivity index (χ1v) is 8.50. The summed E-state index contributed by atoms with van der Waals surface area (Å²) in [5, 5.41) is 2.85. The van der Waals surface area contributed by atoms with Gasteiger partial charge in [-0.15, -0.1) is 0 Å². The minimum absolute atomic E-state index is 0.155. The number of benzene rings is 2. The second-order valence-corrected chi connectivity index (χ2v) is 7.75. The van der Waals surface area contributed by atoms with Gasteiger partial charge in [-0.3, -0.25) is 4.79 Å². The Morgan fingerprint density at radius 1 is 0.962 bits per heavy atom. The Hall–Kier alpha value is -2.82. The van der Waals surface area contributed by atoms with Crippen molar-refractivity contribution in [3.05, 3.63) is 65.2 Å². The van der Waals surface area contributed by atoms with Gasteiger partial charge in [0.05, 0.1) is 5.54 Å². The molecule has 0 fully saturated rings. The zero-order valence-corrected chi connectivity index (χ0v) is 15.9. The zero-order valence-electron chi connectivity index (χ0n) is 15.9. The molecule has 26 heavy (non-hydrogen) atoms. The third kappa shape index (κ3) is 4.85. The number of ketones is 1. The van der Waals surface area contributed by atoms with E-state index in [1.807, 2.05) is 40.7 Å². The molecule has 0 heterocycles. The topological polar surface area (TPSA) is 81.4 Å². The summed E-state index contributed by atoms with van der Waals surface area (Å²) in [6, 6.07) is 14.1. The van der Waals surface area contributed by atoms with Crippen LogP contribution >= 0.6 is 0 Å². The molecule has 0 aliphatic carbocycles. The number of alkyl carbamates (subject to hydrolysis) is 1. The first-order valence-electron chi connectivity index (χ1n) is 8.50. The number of ether oxygens (including phenoxy) is 1. The van der Waals surface area contributed by atoms with Gasteiger partial charge in [0.1, 0.15) is 5.60 Å². The van der Waals surface area contributed by atoms with E-state index in [1.165, 1.54) is 0 Å². The number of nitrogen functional groups attached to an aromatic ring is 1. The van der Waals surface area contributed by atoms with Gasteiger partial charge in [-0.2, -0.15) is 0 Å². The molecular weight excluding hydrogens is 328 g/mol. The fourth-order valence-corrected chi connectivity index (χ4v) is 2.54. The van der Waals surface area contributed by atoms with E-state index < -0.39 is 17.2 Å². The first kappa shape index (κ1) is 19.5. The van der Waals surface area contributed by atoms with Crippen molar-refractivity contribution >= 4 is 17.6 Å². The maximum atomic E-state index is 12.8. The Kier molecular flexibility index (Phi) is 5.40. The number of hydrogen-bond donors (Lipinski definition) is 2. The lowest BCUT2D eigenvalue weighted by molar-refractivity contribution is 0.0470. The third-order valence-corrected chi connectivity index (χ3v) is 3.87. The lowest BCUT2D eigenvalue weighted by Gasteiger charge is -2.29.